The molecule has 10 aromatic carbocycles. The summed E-state index contributed by atoms with van der Waals surface area (Å²) in [6.45, 7) is 0. The molecule has 0 saturated heterocycles. The molecule has 0 aliphatic heterocycles. The number of aromatic nitrogens is 1. The van der Waals surface area contributed by atoms with Crippen molar-refractivity contribution in [3.8, 4) is 56.0 Å². The molecule has 0 saturated carbocycles. The lowest BCUT2D eigenvalue weighted by atomic mass is 9.90. The average molecular weight is 767 g/mol. The Bertz CT molecular complexity index is 3290. The lowest BCUT2D eigenvalue weighted by Gasteiger charge is -2.28. The van der Waals surface area contributed by atoms with Crippen LogP contribution in [0.4, 0.5) is 17.1 Å². The summed E-state index contributed by atoms with van der Waals surface area (Å²) in [5.41, 5.74) is 15.1. The van der Waals surface area contributed by atoms with Gasteiger partial charge in [-0.05, 0) is 121 Å². The number of hydrogen-bond acceptors (Lipinski definition) is 3. The molecule has 60 heavy (non-hydrogen) atoms. The van der Waals surface area contributed by atoms with Gasteiger partial charge in [-0.1, -0.05) is 170 Å². The molecule has 0 bridgehead atoms. The Morgan fingerprint density at radius 3 is 1.68 bits per heavy atom. The van der Waals surface area contributed by atoms with Crippen molar-refractivity contribution in [1.82, 2.24) is 4.98 Å². The predicted octanol–water partition coefficient (Wildman–Crippen LogP) is 15.9. The third kappa shape index (κ3) is 6.49. The first kappa shape index (κ1) is 35.2. The number of hydrogen-bond donors (Lipinski definition) is 0. The lowest BCUT2D eigenvalue weighted by Crippen LogP contribution is -2.10. The van der Waals surface area contributed by atoms with Gasteiger partial charge in [0, 0.05) is 28.0 Å². The highest BCUT2D eigenvalue weighted by atomic mass is 16.3. The number of anilines is 3. The van der Waals surface area contributed by atoms with Gasteiger partial charge in [0.2, 0.25) is 5.89 Å². The van der Waals surface area contributed by atoms with Gasteiger partial charge < -0.3 is 9.32 Å². The first-order chi connectivity index (χ1) is 29.7. The van der Waals surface area contributed by atoms with E-state index in [1.165, 1.54) is 38.6 Å². The summed E-state index contributed by atoms with van der Waals surface area (Å²) in [7, 11) is 0. The molecule has 0 radical (unpaired) electrons. The summed E-state index contributed by atoms with van der Waals surface area (Å²) < 4.78 is 6.39. The average Bonchev–Trinajstić information content (AvgIpc) is 3.78. The summed E-state index contributed by atoms with van der Waals surface area (Å²) in [4.78, 5) is 7.45. The quantitative estimate of drug-likeness (QED) is 0.154. The van der Waals surface area contributed by atoms with Crippen LogP contribution in [-0.2, 0) is 0 Å². The monoisotopic (exact) mass is 766 g/mol. The number of benzene rings is 10. The fourth-order valence-corrected chi connectivity index (χ4v) is 8.53. The molecule has 0 aliphatic carbocycles. The molecule has 11 aromatic rings. The number of oxazole rings is 1. The zero-order valence-corrected chi connectivity index (χ0v) is 32.7. The van der Waals surface area contributed by atoms with Crippen molar-refractivity contribution in [1.29, 1.82) is 0 Å². The number of rotatable bonds is 8. The second kappa shape index (κ2) is 15.1. The maximum Gasteiger partial charge on any atom is 0.227 e. The molecular formula is C57H38N2O. The van der Waals surface area contributed by atoms with E-state index >= 15 is 0 Å². The molecule has 0 amide bonds. The maximum atomic E-state index is 6.39. The minimum atomic E-state index is 0.611. The van der Waals surface area contributed by atoms with Crippen molar-refractivity contribution < 1.29 is 4.42 Å². The molecule has 0 atom stereocenters. The standard InChI is InChI=1S/C57H38N2O/c1-4-14-39(15-5-1)41-26-28-44(29-27-41)57-58-56-51-33-31-48(37-46(51)30-35-55(56)60-57)59(47-23-12-22-45(36-47)40-16-6-2-7-17-40)49-32-34-53(54(38-49)43-18-8-3-9-19-43)52-25-13-21-42-20-10-11-24-50(42)52/h1-38H. The number of nitrogens with zero attached hydrogens (tertiary/aromatic N) is 2. The SMILES string of the molecule is c1ccc(-c2ccc(-c3nc4c(ccc5cc(N(c6cccc(-c7ccccc7)c6)c6ccc(-c7cccc8ccccc78)c(-c7ccccc7)c6)ccc54)o3)cc2)cc1. The Kier molecular flexibility index (Phi) is 8.83. The van der Waals surface area contributed by atoms with Crippen LogP contribution in [0.25, 0.3) is 88.6 Å². The zero-order valence-electron chi connectivity index (χ0n) is 32.7. The normalized spacial score (nSPS) is 11.3. The number of fused-ring (bicyclic) bond motifs is 4. The first-order valence-corrected chi connectivity index (χ1v) is 20.4. The van der Waals surface area contributed by atoms with Gasteiger partial charge in [-0.2, -0.15) is 0 Å². The van der Waals surface area contributed by atoms with E-state index in [0.717, 1.165) is 61.2 Å². The molecule has 1 heterocycles. The van der Waals surface area contributed by atoms with Gasteiger partial charge in [-0.25, -0.2) is 4.98 Å². The predicted molar refractivity (Wildman–Crippen MR) is 251 cm³/mol. The topological polar surface area (TPSA) is 29.3 Å². The van der Waals surface area contributed by atoms with E-state index in [9.17, 15) is 0 Å². The van der Waals surface area contributed by atoms with Crippen LogP contribution in [0.5, 0.6) is 0 Å². The summed E-state index contributed by atoms with van der Waals surface area (Å²) in [5.74, 6) is 0.611. The lowest BCUT2D eigenvalue weighted by molar-refractivity contribution is 0.620. The van der Waals surface area contributed by atoms with E-state index in [1.54, 1.807) is 0 Å². The minimum Gasteiger partial charge on any atom is -0.436 e. The van der Waals surface area contributed by atoms with Crippen molar-refractivity contribution >= 4 is 49.7 Å². The third-order valence-corrected chi connectivity index (χ3v) is 11.5. The smallest absolute Gasteiger partial charge is 0.227 e. The van der Waals surface area contributed by atoms with Crippen molar-refractivity contribution in [2.75, 3.05) is 4.90 Å². The molecular weight excluding hydrogens is 729 g/mol. The molecule has 11 rings (SSSR count). The van der Waals surface area contributed by atoms with Crippen LogP contribution in [0.15, 0.2) is 235 Å². The highest BCUT2D eigenvalue weighted by molar-refractivity contribution is 6.06. The molecule has 1 aromatic heterocycles. The molecule has 0 unspecified atom stereocenters. The molecule has 282 valence electrons. The Morgan fingerprint density at radius 1 is 0.317 bits per heavy atom. The molecule has 3 heteroatoms. The van der Waals surface area contributed by atoms with Gasteiger partial charge in [0.1, 0.15) is 5.52 Å². The molecule has 3 nitrogen and oxygen atoms in total. The Labute approximate surface area is 349 Å². The largest absolute Gasteiger partial charge is 0.436 e. The van der Waals surface area contributed by atoms with E-state index in [0.29, 0.717) is 5.89 Å². The summed E-state index contributed by atoms with van der Waals surface area (Å²) >= 11 is 0. The Morgan fingerprint density at radius 2 is 0.900 bits per heavy atom. The zero-order chi connectivity index (χ0) is 39.8. The highest BCUT2D eigenvalue weighted by Crippen LogP contribution is 2.44. The molecule has 0 aliphatic rings. The van der Waals surface area contributed by atoms with Gasteiger partial charge in [0.05, 0.1) is 0 Å². The van der Waals surface area contributed by atoms with Crippen molar-refractivity contribution in [2.24, 2.45) is 0 Å². The second-order valence-electron chi connectivity index (χ2n) is 15.2. The van der Waals surface area contributed by atoms with Crippen LogP contribution < -0.4 is 4.90 Å². The molecule has 0 N–H and O–H groups in total. The summed E-state index contributed by atoms with van der Waals surface area (Å²) in [5, 5.41) is 4.59. The van der Waals surface area contributed by atoms with Crippen LogP contribution in [-0.4, -0.2) is 4.98 Å². The van der Waals surface area contributed by atoms with Gasteiger partial charge >= 0.3 is 0 Å². The van der Waals surface area contributed by atoms with E-state index < -0.39 is 0 Å². The third-order valence-electron chi connectivity index (χ3n) is 11.5. The van der Waals surface area contributed by atoms with Gasteiger partial charge in [-0.15, -0.1) is 0 Å². The van der Waals surface area contributed by atoms with Crippen molar-refractivity contribution in [3.63, 3.8) is 0 Å². The maximum absolute atomic E-state index is 6.39. The minimum absolute atomic E-state index is 0.611. The van der Waals surface area contributed by atoms with Gasteiger partial charge in [0.15, 0.2) is 5.58 Å². The highest BCUT2D eigenvalue weighted by Gasteiger charge is 2.20. The Balaban J connectivity index is 1.05. The second-order valence-corrected chi connectivity index (χ2v) is 15.2. The van der Waals surface area contributed by atoms with E-state index in [-0.39, 0.29) is 0 Å². The van der Waals surface area contributed by atoms with Gasteiger partial charge in [0.25, 0.3) is 0 Å². The van der Waals surface area contributed by atoms with Crippen LogP contribution in [0.3, 0.4) is 0 Å². The van der Waals surface area contributed by atoms with Crippen LogP contribution >= 0.6 is 0 Å². The fourth-order valence-electron chi connectivity index (χ4n) is 8.53. The summed E-state index contributed by atoms with van der Waals surface area (Å²) in [6.07, 6.45) is 0. The van der Waals surface area contributed by atoms with Crippen LogP contribution in [0, 0.1) is 0 Å². The van der Waals surface area contributed by atoms with E-state index in [2.05, 4.69) is 223 Å². The van der Waals surface area contributed by atoms with Crippen molar-refractivity contribution in [3.05, 3.63) is 231 Å². The van der Waals surface area contributed by atoms with Crippen LogP contribution in [0.2, 0.25) is 0 Å². The Hall–Kier alpha value is -8.01. The fraction of sp³-hybridized carbons (Fsp3) is 0. The summed E-state index contributed by atoms with van der Waals surface area (Å²) in [6, 6.07) is 82.0. The van der Waals surface area contributed by atoms with E-state index in [4.69, 9.17) is 9.40 Å². The van der Waals surface area contributed by atoms with E-state index in [1.807, 2.05) is 12.1 Å². The first-order valence-electron chi connectivity index (χ1n) is 20.4. The van der Waals surface area contributed by atoms with Gasteiger partial charge in [-0.3, -0.25) is 0 Å². The van der Waals surface area contributed by atoms with Crippen molar-refractivity contribution in [2.45, 2.75) is 0 Å². The van der Waals surface area contributed by atoms with Crippen LogP contribution in [0.1, 0.15) is 0 Å². The molecule has 0 spiro atoms. The molecule has 0 fully saturated rings.